The van der Waals surface area contributed by atoms with E-state index in [0.717, 1.165) is 12.5 Å². The van der Waals surface area contributed by atoms with Crippen LogP contribution in [-0.4, -0.2) is 31.6 Å². The highest BCUT2D eigenvalue weighted by atomic mass is 15.1. The highest BCUT2D eigenvalue weighted by molar-refractivity contribution is 5.13. The Morgan fingerprint density at radius 1 is 1.29 bits per heavy atom. The van der Waals surface area contributed by atoms with Crippen LogP contribution in [0.5, 0.6) is 0 Å². The van der Waals surface area contributed by atoms with Gasteiger partial charge in [-0.05, 0) is 62.7 Å². The van der Waals surface area contributed by atoms with Crippen molar-refractivity contribution in [3.63, 3.8) is 0 Å². The molecule has 0 spiro atoms. The van der Waals surface area contributed by atoms with Gasteiger partial charge >= 0.3 is 0 Å². The van der Waals surface area contributed by atoms with Crippen molar-refractivity contribution in [3.05, 3.63) is 0 Å². The molecule has 1 unspecified atom stereocenters. The van der Waals surface area contributed by atoms with Crippen molar-refractivity contribution < 1.29 is 0 Å². The predicted molar refractivity (Wildman–Crippen MR) is 60.1 cm³/mol. The maximum atomic E-state index is 6.00. The molecule has 14 heavy (non-hydrogen) atoms. The highest BCUT2D eigenvalue weighted by Gasteiger charge is 2.63. The third-order valence-electron chi connectivity index (χ3n) is 4.84. The summed E-state index contributed by atoms with van der Waals surface area (Å²) >= 11 is 0. The Bertz CT molecular complexity index is 216. The standard InChI is InChI=1S/C12H24N2/c1-11(2)8-12(11,9-13)10-4-6-14(3)7-5-10/h10H,4-9,13H2,1-3H3. The maximum absolute atomic E-state index is 6.00. The molecule has 0 aromatic rings. The second-order valence-electron chi connectivity index (χ2n) is 6.00. The first-order valence-corrected chi connectivity index (χ1v) is 5.90. The summed E-state index contributed by atoms with van der Waals surface area (Å²) in [7, 11) is 2.23. The fourth-order valence-corrected chi connectivity index (χ4v) is 3.52. The van der Waals surface area contributed by atoms with E-state index in [1.807, 2.05) is 0 Å². The van der Waals surface area contributed by atoms with Crippen LogP contribution in [0.4, 0.5) is 0 Å². The SMILES string of the molecule is CN1CCC(C2(CN)CC2(C)C)CC1. The van der Waals surface area contributed by atoms with Crippen molar-refractivity contribution in [1.29, 1.82) is 0 Å². The van der Waals surface area contributed by atoms with E-state index < -0.39 is 0 Å². The van der Waals surface area contributed by atoms with Gasteiger partial charge in [0.2, 0.25) is 0 Å². The average Bonchev–Trinajstić information content (AvgIpc) is 2.71. The molecular weight excluding hydrogens is 172 g/mol. The first-order valence-electron chi connectivity index (χ1n) is 5.90. The molecule has 0 radical (unpaired) electrons. The zero-order chi connectivity index (χ0) is 10.4. The van der Waals surface area contributed by atoms with E-state index in [1.165, 1.54) is 32.4 Å². The van der Waals surface area contributed by atoms with Crippen molar-refractivity contribution >= 4 is 0 Å². The van der Waals surface area contributed by atoms with Gasteiger partial charge in [-0.2, -0.15) is 0 Å². The Kier molecular flexibility index (Phi) is 2.39. The van der Waals surface area contributed by atoms with Gasteiger partial charge in [0, 0.05) is 0 Å². The maximum Gasteiger partial charge on any atom is -0.00125 e. The summed E-state index contributed by atoms with van der Waals surface area (Å²) in [6, 6.07) is 0. The molecule has 1 heterocycles. The van der Waals surface area contributed by atoms with Crippen LogP contribution in [0.3, 0.4) is 0 Å². The minimum Gasteiger partial charge on any atom is -0.330 e. The van der Waals surface area contributed by atoms with Gasteiger partial charge in [0.05, 0.1) is 0 Å². The van der Waals surface area contributed by atoms with Crippen LogP contribution in [0.2, 0.25) is 0 Å². The van der Waals surface area contributed by atoms with Crippen molar-refractivity contribution in [3.8, 4) is 0 Å². The van der Waals surface area contributed by atoms with E-state index >= 15 is 0 Å². The number of hydrogen-bond donors (Lipinski definition) is 1. The largest absolute Gasteiger partial charge is 0.330 e. The molecule has 0 bridgehead atoms. The topological polar surface area (TPSA) is 29.3 Å². The fraction of sp³-hybridized carbons (Fsp3) is 1.00. The third-order valence-corrected chi connectivity index (χ3v) is 4.84. The van der Waals surface area contributed by atoms with Crippen LogP contribution in [0, 0.1) is 16.7 Å². The van der Waals surface area contributed by atoms with E-state index in [9.17, 15) is 0 Å². The molecule has 1 aliphatic carbocycles. The molecule has 2 rings (SSSR count). The van der Waals surface area contributed by atoms with Gasteiger partial charge in [0.25, 0.3) is 0 Å². The minimum atomic E-state index is 0.494. The molecule has 1 saturated heterocycles. The van der Waals surface area contributed by atoms with Gasteiger partial charge in [-0.1, -0.05) is 13.8 Å². The van der Waals surface area contributed by atoms with Crippen LogP contribution in [0.25, 0.3) is 0 Å². The first kappa shape index (κ1) is 10.4. The molecule has 0 aromatic carbocycles. The molecule has 2 aliphatic rings. The van der Waals surface area contributed by atoms with E-state index in [4.69, 9.17) is 5.73 Å². The van der Waals surface area contributed by atoms with Gasteiger partial charge < -0.3 is 10.6 Å². The first-order chi connectivity index (χ1) is 6.52. The van der Waals surface area contributed by atoms with Crippen molar-refractivity contribution in [2.24, 2.45) is 22.5 Å². The summed E-state index contributed by atoms with van der Waals surface area (Å²) < 4.78 is 0. The Balaban J connectivity index is 2.01. The lowest BCUT2D eigenvalue weighted by Gasteiger charge is -2.36. The molecule has 0 amide bonds. The van der Waals surface area contributed by atoms with Crippen LogP contribution in [0.15, 0.2) is 0 Å². The van der Waals surface area contributed by atoms with Crippen molar-refractivity contribution in [2.45, 2.75) is 33.1 Å². The minimum absolute atomic E-state index is 0.494. The van der Waals surface area contributed by atoms with Crippen LogP contribution in [0.1, 0.15) is 33.1 Å². The van der Waals surface area contributed by atoms with Gasteiger partial charge in [-0.15, -0.1) is 0 Å². The van der Waals surface area contributed by atoms with Gasteiger partial charge in [-0.25, -0.2) is 0 Å². The molecule has 82 valence electrons. The molecule has 0 aromatic heterocycles. The predicted octanol–water partition coefficient (Wildman–Crippen LogP) is 1.70. The monoisotopic (exact) mass is 196 g/mol. The van der Waals surface area contributed by atoms with E-state index in [0.29, 0.717) is 10.8 Å². The molecular formula is C12H24N2. The zero-order valence-electron chi connectivity index (χ0n) is 9.84. The van der Waals surface area contributed by atoms with Gasteiger partial charge in [0.1, 0.15) is 0 Å². The van der Waals surface area contributed by atoms with Gasteiger partial charge in [0.15, 0.2) is 0 Å². The third kappa shape index (κ3) is 1.40. The molecule has 1 atom stereocenters. The molecule has 2 heteroatoms. The van der Waals surface area contributed by atoms with Crippen LogP contribution >= 0.6 is 0 Å². The summed E-state index contributed by atoms with van der Waals surface area (Å²) in [5, 5.41) is 0. The second-order valence-corrected chi connectivity index (χ2v) is 6.00. The number of nitrogens with two attached hydrogens (primary N) is 1. The zero-order valence-corrected chi connectivity index (χ0v) is 9.84. The molecule has 1 aliphatic heterocycles. The lowest BCUT2D eigenvalue weighted by molar-refractivity contribution is 0.138. The Morgan fingerprint density at radius 2 is 1.79 bits per heavy atom. The Labute approximate surface area is 87.8 Å². The fourth-order valence-electron chi connectivity index (χ4n) is 3.52. The van der Waals surface area contributed by atoms with Gasteiger partial charge in [-0.3, -0.25) is 0 Å². The molecule has 1 saturated carbocycles. The average molecular weight is 196 g/mol. The molecule has 2 N–H and O–H groups in total. The Hall–Kier alpha value is -0.0800. The van der Waals surface area contributed by atoms with E-state index in [2.05, 4.69) is 25.8 Å². The summed E-state index contributed by atoms with van der Waals surface area (Å²) in [6.45, 7) is 8.20. The van der Waals surface area contributed by atoms with Crippen LogP contribution in [-0.2, 0) is 0 Å². The normalized spacial score (nSPS) is 38.6. The number of hydrogen-bond acceptors (Lipinski definition) is 2. The van der Waals surface area contributed by atoms with E-state index in [1.54, 1.807) is 0 Å². The number of nitrogens with zero attached hydrogens (tertiary/aromatic N) is 1. The molecule has 2 nitrogen and oxygen atoms in total. The number of rotatable bonds is 2. The highest BCUT2D eigenvalue weighted by Crippen LogP contribution is 2.68. The molecule has 2 fully saturated rings. The van der Waals surface area contributed by atoms with E-state index in [-0.39, 0.29) is 0 Å². The number of piperidine rings is 1. The van der Waals surface area contributed by atoms with Crippen molar-refractivity contribution in [1.82, 2.24) is 4.90 Å². The van der Waals surface area contributed by atoms with Crippen LogP contribution < -0.4 is 5.73 Å². The summed E-state index contributed by atoms with van der Waals surface area (Å²) in [6.07, 6.45) is 4.07. The quantitative estimate of drug-likeness (QED) is 0.728. The number of likely N-dealkylation sites (tertiary alicyclic amines) is 1. The lowest BCUT2D eigenvalue weighted by Crippen LogP contribution is -2.38. The smallest absolute Gasteiger partial charge is 0.00125 e. The van der Waals surface area contributed by atoms with Crippen molar-refractivity contribution in [2.75, 3.05) is 26.7 Å². The summed E-state index contributed by atoms with van der Waals surface area (Å²) in [4.78, 5) is 2.44. The summed E-state index contributed by atoms with van der Waals surface area (Å²) in [5.41, 5.74) is 7.01. The summed E-state index contributed by atoms with van der Waals surface area (Å²) in [5.74, 6) is 0.888. The lowest BCUT2D eigenvalue weighted by atomic mass is 9.77. The second kappa shape index (κ2) is 3.21. The Morgan fingerprint density at radius 3 is 2.14 bits per heavy atom.